The van der Waals surface area contributed by atoms with Crippen molar-refractivity contribution < 1.29 is 0 Å². The van der Waals surface area contributed by atoms with Gasteiger partial charge in [0.2, 0.25) is 5.95 Å². The number of likely N-dealkylation sites (N-methyl/N-ethyl adjacent to an activating group) is 1. The monoisotopic (exact) mass is 469 g/mol. The Labute approximate surface area is 194 Å². The lowest BCUT2D eigenvalue weighted by Gasteiger charge is -2.37. The second-order valence-electron chi connectivity index (χ2n) is 7.92. The third-order valence-corrected chi connectivity index (χ3v) is 7.17. The Morgan fingerprint density at radius 3 is 2.75 bits per heavy atom. The lowest BCUT2D eigenvalue weighted by molar-refractivity contribution is 0.118. The number of nitrogens with zero attached hydrogens (tertiary/aromatic N) is 5. The summed E-state index contributed by atoms with van der Waals surface area (Å²) in [6.45, 7) is 4.72. The summed E-state index contributed by atoms with van der Waals surface area (Å²) in [4.78, 5) is 26.6. The van der Waals surface area contributed by atoms with Crippen molar-refractivity contribution in [3.8, 4) is 5.95 Å². The van der Waals surface area contributed by atoms with Gasteiger partial charge in [0.15, 0.2) is 0 Å². The number of aromatic amines is 1. The molecule has 0 unspecified atom stereocenters. The molecule has 0 saturated carbocycles. The van der Waals surface area contributed by atoms with E-state index >= 15 is 0 Å². The molecule has 0 bridgehead atoms. The van der Waals surface area contributed by atoms with E-state index in [1.807, 2.05) is 24.3 Å². The third kappa shape index (κ3) is 4.16. The number of para-hydroxylation sites is 2. The summed E-state index contributed by atoms with van der Waals surface area (Å²) >= 11 is 8.21. The molecule has 0 radical (unpaired) electrons. The highest BCUT2D eigenvalue weighted by Gasteiger charge is 2.25. The number of piperazine rings is 1. The summed E-state index contributed by atoms with van der Waals surface area (Å²) < 4.78 is 1.20. The Balaban J connectivity index is 1.37. The number of nitrogens with one attached hydrogen (secondary N) is 2. The Hall–Kier alpha value is -2.72. The number of anilines is 1. The van der Waals surface area contributed by atoms with E-state index in [4.69, 9.17) is 11.6 Å². The van der Waals surface area contributed by atoms with Crippen LogP contribution in [-0.2, 0) is 0 Å². The minimum absolute atomic E-state index is 0.101. The zero-order valence-electron chi connectivity index (χ0n) is 17.7. The fourth-order valence-electron chi connectivity index (χ4n) is 3.98. The van der Waals surface area contributed by atoms with Crippen LogP contribution in [0.25, 0.3) is 17.0 Å². The van der Waals surface area contributed by atoms with Gasteiger partial charge in [-0.05, 0) is 30.6 Å². The van der Waals surface area contributed by atoms with Gasteiger partial charge in [-0.3, -0.25) is 9.69 Å². The number of H-pyrrole nitrogens is 1. The van der Waals surface area contributed by atoms with Crippen LogP contribution in [0.1, 0.15) is 10.9 Å². The molecule has 0 amide bonds. The van der Waals surface area contributed by atoms with Crippen LogP contribution in [0.3, 0.4) is 0 Å². The van der Waals surface area contributed by atoms with Crippen molar-refractivity contribution in [2.45, 2.75) is 6.04 Å². The summed E-state index contributed by atoms with van der Waals surface area (Å²) in [7, 11) is 2.15. The first-order valence-corrected chi connectivity index (χ1v) is 11.8. The standard InChI is InChI=1S/C22H24ClN7OS/c1-28-8-10-29(11-9-28)18(19-7-4-12-32-19)14-24-17-13-25-30(21(31)20(17)23)22-26-15-5-2-3-6-16(15)27-22/h2-7,12-13,18,24H,8-11,14H2,1H3,(H,26,27)/t18-/m1/s1. The summed E-state index contributed by atoms with van der Waals surface area (Å²) in [5.74, 6) is 0.346. The van der Waals surface area contributed by atoms with Crippen LogP contribution in [0.15, 0.2) is 52.8 Å². The quantitative estimate of drug-likeness (QED) is 0.451. The summed E-state index contributed by atoms with van der Waals surface area (Å²) in [6.07, 6.45) is 1.59. The number of rotatable bonds is 6. The van der Waals surface area contributed by atoms with Gasteiger partial charge in [0.1, 0.15) is 5.02 Å². The van der Waals surface area contributed by atoms with E-state index in [2.05, 4.69) is 54.7 Å². The Morgan fingerprint density at radius 2 is 2.00 bits per heavy atom. The van der Waals surface area contributed by atoms with E-state index in [-0.39, 0.29) is 11.1 Å². The minimum atomic E-state index is -0.414. The molecule has 8 nitrogen and oxygen atoms in total. The fraction of sp³-hybridized carbons (Fsp3) is 0.318. The van der Waals surface area contributed by atoms with Gasteiger partial charge < -0.3 is 15.2 Å². The molecule has 4 aromatic rings. The molecule has 2 N–H and O–H groups in total. The van der Waals surface area contributed by atoms with E-state index in [0.717, 1.165) is 37.2 Å². The molecule has 1 atom stereocenters. The molecule has 166 valence electrons. The normalized spacial score (nSPS) is 16.4. The average Bonchev–Trinajstić information content (AvgIpc) is 3.48. The smallest absolute Gasteiger partial charge is 0.295 e. The van der Waals surface area contributed by atoms with E-state index in [9.17, 15) is 4.79 Å². The Kier molecular flexibility index (Phi) is 5.97. The Morgan fingerprint density at radius 1 is 1.19 bits per heavy atom. The predicted octanol–water partition coefficient (Wildman–Crippen LogP) is 3.22. The largest absolute Gasteiger partial charge is 0.380 e. The lowest BCUT2D eigenvalue weighted by Crippen LogP contribution is -2.47. The molecule has 1 aliphatic heterocycles. The number of fused-ring (bicyclic) bond motifs is 1. The van der Waals surface area contributed by atoms with Crippen molar-refractivity contribution in [1.82, 2.24) is 29.5 Å². The zero-order chi connectivity index (χ0) is 22.1. The second-order valence-corrected chi connectivity index (χ2v) is 9.28. The molecule has 32 heavy (non-hydrogen) atoms. The molecule has 0 spiro atoms. The highest BCUT2D eigenvalue weighted by molar-refractivity contribution is 7.10. The maximum absolute atomic E-state index is 12.9. The maximum atomic E-state index is 12.9. The first-order chi connectivity index (χ1) is 15.6. The second kappa shape index (κ2) is 9.03. The highest BCUT2D eigenvalue weighted by Crippen LogP contribution is 2.27. The summed E-state index contributed by atoms with van der Waals surface area (Å²) in [5, 5.41) is 9.88. The van der Waals surface area contributed by atoms with Gasteiger partial charge in [-0.25, -0.2) is 4.98 Å². The number of hydrogen-bond donors (Lipinski definition) is 2. The highest BCUT2D eigenvalue weighted by atomic mass is 35.5. The molecule has 5 rings (SSSR count). The van der Waals surface area contributed by atoms with Crippen LogP contribution in [0.5, 0.6) is 0 Å². The topological polar surface area (TPSA) is 82.1 Å². The number of hydrogen-bond acceptors (Lipinski definition) is 7. The first kappa shape index (κ1) is 21.1. The van der Waals surface area contributed by atoms with Crippen LogP contribution < -0.4 is 10.9 Å². The summed E-state index contributed by atoms with van der Waals surface area (Å²) in [5.41, 5.74) is 1.71. The van der Waals surface area contributed by atoms with Crippen molar-refractivity contribution in [3.63, 3.8) is 0 Å². The molecular weight excluding hydrogens is 446 g/mol. The lowest BCUT2D eigenvalue weighted by atomic mass is 10.1. The molecule has 1 fully saturated rings. The number of halogens is 1. The van der Waals surface area contributed by atoms with Crippen LogP contribution in [0.4, 0.5) is 5.69 Å². The molecule has 1 aromatic carbocycles. The van der Waals surface area contributed by atoms with Crippen molar-refractivity contribution in [1.29, 1.82) is 0 Å². The molecule has 3 aromatic heterocycles. The number of imidazole rings is 1. The number of aromatic nitrogens is 4. The van der Waals surface area contributed by atoms with Gasteiger partial charge >= 0.3 is 0 Å². The van der Waals surface area contributed by atoms with Gasteiger partial charge in [0, 0.05) is 37.6 Å². The molecule has 1 saturated heterocycles. The van der Waals surface area contributed by atoms with Crippen LogP contribution in [0.2, 0.25) is 5.02 Å². The van der Waals surface area contributed by atoms with Gasteiger partial charge in [-0.1, -0.05) is 29.8 Å². The molecule has 4 heterocycles. The fourth-order valence-corrected chi connectivity index (χ4v) is 5.03. The van der Waals surface area contributed by atoms with E-state index in [1.54, 1.807) is 17.5 Å². The number of thiophene rings is 1. The van der Waals surface area contributed by atoms with E-state index in [0.29, 0.717) is 18.2 Å². The Bertz CT molecular complexity index is 1230. The SMILES string of the molecule is CN1CCN([C@H](CNc2cnn(-c3nc4ccccc4[nH]3)c(=O)c2Cl)c2cccs2)CC1. The predicted molar refractivity (Wildman–Crippen MR) is 129 cm³/mol. The molecule has 0 aliphatic carbocycles. The molecular formula is C22H24ClN7OS. The van der Waals surface area contributed by atoms with Crippen LogP contribution in [-0.4, -0.2) is 69.3 Å². The third-order valence-electron chi connectivity index (χ3n) is 5.83. The van der Waals surface area contributed by atoms with Crippen molar-refractivity contribution >= 4 is 39.7 Å². The van der Waals surface area contributed by atoms with Gasteiger partial charge in [-0.15, -0.1) is 11.3 Å². The van der Waals surface area contributed by atoms with Crippen LogP contribution >= 0.6 is 22.9 Å². The average molecular weight is 470 g/mol. The molecule has 10 heteroatoms. The van der Waals surface area contributed by atoms with Crippen molar-refractivity contribution in [2.75, 3.05) is 45.1 Å². The minimum Gasteiger partial charge on any atom is -0.380 e. The van der Waals surface area contributed by atoms with Crippen LogP contribution in [0, 0.1) is 0 Å². The van der Waals surface area contributed by atoms with Gasteiger partial charge in [0.25, 0.3) is 5.56 Å². The van der Waals surface area contributed by atoms with Gasteiger partial charge in [0.05, 0.1) is 29.0 Å². The summed E-state index contributed by atoms with van der Waals surface area (Å²) in [6, 6.07) is 12.0. The number of benzene rings is 1. The molecule has 1 aliphatic rings. The van der Waals surface area contributed by atoms with Crippen molar-refractivity contribution in [2.24, 2.45) is 0 Å². The van der Waals surface area contributed by atoms with Gasteiger partial charge in [-0.2, -0.15) is 9.78 Å². The zero-order valence-corrected chi connectivity index (χ0v) is 19.2. The maximum Gasteiger partial charge on any atom is 0.295 e. The van der Waals surface area contributed by atoms with Crippen molar-refractivity contribution in [3.05, 3.63) is 68.2 Å². The van der Waals surface area contributed by atoms with E-state index in [1.165, 1.54) is 9.56 Å². The van der Waals surface area contributed by atoms with E-state index < -0.39 is 5.56 Å². The first-order valence-electron chi connectivity index (χ1n) is 10.5.